The van der Waals surface area contributed by atoms with E-state index in [4.69, 9.17) is 9.84 Å². The van der Waals surface area contributed by atoms with Gasteiger partial charge in [0.25, 0.3) is 0 Å². The number of aliphatic carboxylic acids is 1. The molecule has 0 saturated heterocycles. The van der Waals surface area contributed by atoms with Crippen molar-refractivity contribution >= 4 is 12.7 Å². The van der Waals surface area contributed by atoms with Gasteiger partial charge in [0.15, 0.2) is 0 Å². The molecular formula is C8H11NO3. The van der Waals surface area contributed by atoms with Gasteiger partial charge in [-0.05, 0) is 13.6 Å². The van der Waals surface area contributed by atoms with Crippen molar-refractivity contribution in [2.75, 3.05) is 7.11 Å². The summed E-state index contributed by atoms with van der Waals surface area (Å²) in [4.78, 5) is 13.9. The molecule has 0 aliphatic rings. The largest absolute Gasteiger partial charge is 0.481 e. The van der Waals surface area contributed by atoms with Crippen LogP contribution in [0.15, 0.2) is 28.6 Å². The molecule has 0 aliphatic carbocycles. The lowest BCUT2D eigenvalue weighted by Gasteiger charge is -1.98. The van der Waals surface area contributed by atoms with Crippen LogP contribution in [0.5, 0.6) is 0 Å². The van der Waals surface area contributed by atoms with Gasteiger partial charge in [-0.15, -0.1) is 0 Å². The molecular weight excluding hydrogens is 158 g/mol. The molecule has 1 N–H and O–H groups in total. The van der Waals surface area contributed by atoms with Crippen LogP contribution in [0.2, 0.25) is 0 Å². The Balaban J connectivity index is 4.68. The standard InChI is InChI=1S/C8H11NO3/c1-4-6(8(10)11)5-7(9-2)12-3/h4-5H,2H2,1,3H3,(H,10,11)/b6-4+,7-5+. The van der Waals surface area contributed by atoms with Crippen LogP contribution in [-0.4, -0.2) is 24.9 Å². The van der Waals surface area contributed by atoms with Crippen molar-refractivity contribution in [2.45, 2.75) is 6.92 Å². The van der Waals surface area contributed by atoms with Crippen molar-refractivity contribution in [3.05, 3.63) is 23.6 Å². The third-order valence-corrected chi connectivity index (χ3v) is 1.20. The first-order valence-electron chi connectivity index (χ1n) is 3.27. The summed E-state index contributed by atoms with van der Waals surface area (Å²) in [5.41, 5.74) is 0.124. The van der Waals surface area contributed by atoms with Crippen LogP contribution in [0.1, 0.15) is 6.92 Å². The number of hydrogen-bond acceptors (Lipinski definition) is 3. The maximum Gasteiger partial charge on any atom is 0.335 e. The molecule has 12 heavy (non-hydrogen) atoms. The van der Waals surface area contributed by atoms with Crippen molar-refractivity contribution < 1.29 is 14.6 Å². The quantitative estimate of drug-likeness (QED) is 0.298. The zero-order chi connectivity index (χ0) is 9.56. The second-order valence-corrected chi connectivity index (χ2v) is 1.89. The first-order chi connectivity index (χ1) is 5.65. The summed E-state index contributed by atoms with van der Waals surface area (Å²) in [6.45, 7) is 4.84. The number of allylic oxidation sites excluding steroid dienone is 1. The van der Waals surface area contributed by atoms with Crippen LogP contribution in [0.25, 0.3) is 0 Å². The fourth-order valence-electron chi connectivity index (χ4n) is 0.571. The summed E-state index contributed by atoms with van der Waals surface area (Å²) >= 11 is 0. The molecule has 0 aliphatic heterocycles. The predicted molar refractivity (Wildman–Crippen MR) is 46.0 cm³/mol. The van der Waals surface area contributed by atoms with E-state index in [1.165, 1.54) is 19.3 Å². The topological polar surface area (TPSA) is 58.9 Å². The summed E-state index contributed by atoms with van der Waals surface area (Å²) in [6.07, 6.45) is 2.75. The van der Waals surface area contributed by atoms with Gasteiger partial charge in [0, 0.05) is 6.08 Å². The second kappa shape index (κ2) is 5.12. The molecule has 0 heterocycles. The maximum atomic E-state index is 10.5. The highest BCUT2D eigenvalue weighted by atomic mass is 16.5. The highest BCUT2D eigenvalue weighted by Crippen LogP contribution is 2.04. The van der Waals surface area contributed by atoms with Gasteiger partial charge >= 0.3 is 5.97 Å². The molecule has 0 rings (SSSR count). The average molecular weight is 169 g/mol. The van der Waals surface area contributed by atoms with E-state index in [1.54, 1.807) is 6.92 Å². The molecule has 0 aromatic carbocycles. The van der Waals surface area contributed by atoms with Crippen molar-refractivity contribution in [2.24, 2.45) is 4.99 Å². The maximum absolute atomic E-state index is 10.5. The molecule has 0 aromatic heterocycles. The number of hydrogen-bond donors (Lipinski definition) is 1. The third kappa shape index (κ3) is 3.01. The van der Waals surface area contributed by atoms with E-state index in [0.717, 1.165) is 0 Å². The van der Waals surface area contributed by atoms with E-state index in [9.17, 15) is 4.79 Å². The predicted octanol–water partition coefficient (Wildman–Crippen LogP) is 1.21. The number of aliphatic imine (C=N–C) groups is 1. The lowest BCUT2D eigenvalue weighted by atomic mass is 10.2. The van der Waals surface area contributed by atoms with Crippen LogP contribution < -0.4 is 0 Å². The Hall–Kier alpha value is -1.58. The number of carboxylic acids is 1. The molecule has 0 amide bonds. The normalized spacial score (nSPS) is 12.5. The van der Waals surface area contributed by atoms with Crippen LogP contribution in [0.3, 0.4) is 0 Å². The van der Waals surface area contributed by atoms with Gasteiger partial charge in [-0.1, -0.05) is 6.08 Å². The molecule has 66 valence electrons. The SMILES string of the molecule is C=N/C(=C\C(=C/C)C(=O)O)OC. The van der Waals surface area contributed by atoms with Gasteiger partial charge in [0.2, 0.25) is 5.88 Å². The molecule has 0 radical (unpaired) electrons. The van der Waals surface area contributed by atoms with Crippen molar-refractivity contribution in [1.29, 1.82) is 0 Å². The highest BCUT2D eigenvalue weighted by molar-refractivity contribution is 5.89. The number of ether oxygens (including phenoxy) is 1. The van der Waals surface area contributed by atoms with Gasteiger partial charge in [0.1, 0.15) is 0 Å². The molecule has 0 fully saturated rings. The fourth-order valence-corrected chi connectivity index (χ4v) is 0.571. The van der Waals surface area contributed by atoms with E-state index in [0.29, 0.717) is 0 Å². The minimum atomic E-state index is -1.02. The molecule has 0 saturated carbocycles. The zero-order valence-electron chi connectivity index (χ0n) is 7.07. The summed E-state index contributed by atoms with van der Waals surface area (Å²) in [5.74, 6) is -0.832. The number of nitrogens with zero attached hydrogens (tertiary/aromatic N) is 1. The Morgan fingerprint density at radius 2 is 2.25 bits per heavy atom. The van der Waals surface area contributed by atoms with Crippen LogP contribution >= 0.6 is 0 Å². The summed E-state index contributed by atoms with van der Waals surface area (Å²) in [7, 11) is 1.40. The van der Waals surface area contributed by atoms with Gasteiger partial charge in [-0.3, -0.25) is 0 Å². The van der Waals surface area contributed by atoms with E-state index >= 15 is 0 Å². The monoisotopic (exact) mass is 169 g/mol. The number of carbonyl (C=O) groups is 1. The smallest absolute Gasteiger partial charge is 0.335 e. The summed E-state index contributed by atoms with van der Waals surface area (Å²) in [6, 6.07) is 0. The number of carboxylic acid groups (broad SMARTS) is 1. The molecule has 4 nitrogen and oxygen atoms in total. The Morgan fingerprint density at radius 1 is 1.67 bits per heavy atom. The van der Waals surface area contributed by atoms with E-state index in [1.807, 2.05) is 0 Å². The Morgan fingerprint density at radius 3 is 2.50 bits per heavy atom. The molecule has 0 spiro atoms. The van der Waals surface area contributed by atoms with Gasteiger partial charge in [-0.25, -0.2) is 9.79 Å². The van der Waals surface area contributed by atoms with Crippen LogP contribution in [-0.2, 0) is 9.53 Å². The Labute approximate surface area is 70.9 Å². The van der Waals surface area contributed by atoms with Crippen molar-refractivity contribution in [3.63, 3.8) is 0 Å². The number of methoxy groups -OCH3 is 1. The Kier molecular flexibility index (Phi) is 4.45. The Bertz CT molecular complexity index is 241. The molecule has 0 unspecified atom stereocenters. The molecule has 0 atom stereocenters. The van der Waals surface area contributed by atoms with Crippen molar-refractivity contribution in [1.82, 2.24) is 0 Å². The molecule has 0 aromatic rings. The van der Waals surface area contributed by atoms with Gasteiger partial charge < -0.3 is 9.84 Å². The summed E-state index contributed by atoms with van der Waals surface area (Å²) < 4.78 is 4.71. The van der Waals surface area contributed by atoms with Crippen LogP contribution in [0.4, 0.5) is 0 Å². The molecule has 4 heteroatoms. The average Bonchev–Trinajstić information content (AvgIpc) is 2.06. The first-order valence-corrected chi connectivity index (χ1v) is 3.27. The van der Waals surface area contributed by atoms with E-state index in [-0.39, 0.29) is 11.5 Å². The highest BCUT2D eigenvalue weighted by Gasteiger charge is 2.03. The van der Waals surface area contributed by atoms with Crippen molar-refractivity contribution in [3.8, 4) is 0 Å². The second-order valence-electron chi connectivity index (χ2n) is 1.89. The fraction of sp³-hybridized carbons (Fsp3) is 0.250. The minimum absolute atomic E-state index is 0.124. The first kappa shape index (κ1) is 10.4. The lowest BCUT2D eigenvalue weighted by Crippen LogP contribution is -1.98. The van der Waals surface area contributed by atoms with E-state index < -0.39 is 5.97 Å². The van der Waals surface area contributed by atoms with Crippen LogP contribution in [0, 0.1) is 0 Å². The zero-order valence-corrected chi connectivity index (χ0v) is 7.07. The summed E-state index contributed by atoms with van der Waals surface area (Å²) in [5, 5.41) is 8.58. The molecule has 0 bridgehead atoms. The lowest BCUT2D eigenvalue weighted by molar-refractivity contribution is -0.132. The van der Waals surface area contributed by atoms with E-state index in [2.05, 4.69) is 11.7 Å². The van der Waals surface area contributed by atoms with Gasteiger partial charge in [0.05, 0.1) is 12.7 Å². The number of rotatable bonds is 4. The third-order valence-electron chi connectivity index (χ3n) is 1.20. The van der Waals surface area contributed by atoms with Gasteiger partial charge in [-0.2, -0.15) is 0 Å². The minimum Gasteiger partial charge on any atom is -0.481 e.